The summed E-state index contributed by atoms with van der Waals surface area (Å²) >= 11 is 9.31. The zero-order valence-corrected chi connectivity index (χ0v) is 13.8. The Balaban J connectivity index is 1.90. The van der Waals surface area contributed by atoms with Gasteiger partial charge in [-0.15, -0.1) is 0 Å². The molecule has 1 N–H and O–H groups in total. The molecular weight excluding hydrogens is 368 g/mol. The number of halogens is 2. The van der Waals surface area contributed by atoms with E-state index in [1.807, 2.05) is 4.90 Å². The molecule has 1 heterocycles. The second kappa shape index (κ2) is 6.43. The second-order valence-electron chi connectivity index (χ2n) is 4.60. The molecule has 1 aromatic rings. The summed E-state index contributed by atoms with van der Waals surface area (Å²) in [6, 6.07) is 5.20. The maximum Gasteiger partial charge on any atom is 0.238 e. The first-order chi connectivity index (χ1) is 9.35. The van der Waals surface area contributed by atoms with Crippen molar-refractivity contribution in [1.82, 2.24) is 4.90 Å². The largest absolute Gasteiger partial charge is 0.324 e. The van der Waals surface area contributed by atoms with Crippen LogP contribution < -0.4 is 5.32 Å². The first kappa shape index (κ1) is 15.8. The number of hydrogen-bond acceptors (Lipinski definition) is 4. The lowest BCUT2D eigenvalue weighted by Crippen LogP contribution is -2.43. The maximum atomic E-state index is 11.9. The van der Waals surface area contributed by atoms with E-state index in [9.17, 15) is 13.2 Å². The fourth-order valence-electron chi connectivity index (χ4n) is 1.89. The van der Waals surface area contributed by atoms with Gasteiger partial charge in [0.1, 0.15) is 0 Å². The van der Waals surface area contributed by atoms with Crippen LogP contribution in [0.25, 0.3) is 0 Å². The number of amides is 1. The minimum atomic E-state index is -2.92. The molecule has 1 aliphatic rings. The van der Waals surface area contributed by atoms with Crippen LogP contribution in [0.2, 0.25) is 5.02 Å². The molecule has 110 valence electrons. The third kappa shape index (κ3) is 4.44. The number of anilines is 1. The van der Waals surface area contributed by atoms with E-state index < -0.39 is 9.84 Å². The van der Waals surface area contributed by atoms with Crippen LogP contribution in [-0.2, 0) is 14.6 Å². The Hall–Kier alpha value is -0.630. The molecule has 20 heavy (non-hydrogen) atoms. The lowest BCUT2D eigenvalue weighted by molar-refractivity contribution is -0.117. The zero-order valence-electron chi connectivity index (χ0n) is 10.6. The van der Waals surface area contributed by atoms with Crippen LogP contribution in [0.15, 0.2) is 22.7 Å². The van der Waals surface area contributed by atoms with E-state index in [4.69, 9.17) is 11.6 Å². The molecule has 5 nitrogen and oxygen atoms in total. The Bertz CT molecular complexity index is 607. The molecule has 8 heteroatoms. The van der Waals surface area contributed by atoms with Gasteiger partial charge in [-0.2, -0.15) is 0 Å². The van der Waals surface area contributed by atoms with Crippen LogP contribution >= 0.6 is 27.5 Å². The van der Waals surface area contributed by atoms with E-state index >= 15 is 0 Å². The van der Waals surface area contributed by atoms with Crippen molar-refractivity contribution in [3.05, 3.63) is 27.7 Å². The van der Waals surface area contributed by atoms with Crippen molar-refractivity contribution < 1.29 is 13.2 Å². The smallest absolute Gasteiger partial charge is 0.238 e. The number of sulfone groups is 1. The number of benzene rings is 1. The summed E-state index contributed by atoms with van der Waals surface area (Å²) < 4.78 is 23.4. The minimum absolute atomic E-state index is 0.110. The van der Waals surface area contributed by atoms with Crippen molar-refractivity contribution >= 4 is 49.0 Å². The fourth-order valence-corrected chi connectivity index (χ4v) is 3.89. The van der Waals surface area contributed by atoms with Gasteiger partial charge in [0.2, 0.25) is 5.91 Å². The standard InChI is InChI=1S/C12H14BrClN2O3S/c13-9-1-2-11(10(14)7-9)15-12(17)8-16-3-5-20(18,19)6-4-16/h1-2,7H,3-6,8H2,(H,15,17). The Kier molecular flexibility index (Phi) is 5.06. The first-order valence-electron chi connectivity index (χ1n) is 6.03. The summed E-state index contributed by atoms with van der Waals surface area (Å²) in [5, 5.41) is 3.18. The third-order valence-electron chi connectivity index (χ3n) is 3.01. The fraction of sp³-hybridized carbons (Fsp3) is 0.417. The molecule has 1 amide bonds. The molecule has 0 bridgehead atoms. The predicted octanol–water partition coefficient (Wildman–Crippen LogP) is 1.77. The van der Waals surface area contributed by atoms with Crippen molar-refractivity contribution in [3.8, 4) is 0 Å². The molecule has 0 aromatic heterocycles. The zero-order chi connectivity index (χ0) is 14.8. The molecule has 2 rings (SSSR count). The van der Waals surface area contributed by atoms with Gasteiger partial charge in [-0.05, 0) is 18.2 Å². The van der Waals surface area contributed by atoms with Gasteiger partial charge in [-0.3, -0.25) is 9.69 Å². The van der Waals surface area contributed by atoms with Gasteiger partial charge in [0.15, 0.2) is 9.84 Å². The van der Waals surface area contributed by atoms with Crippen molar-refractivity contribution in [2.75, 3.05) is 36.5 Å². The van der Waals surface area contributed by atoms with Crippen molar-refractivity contribution in [1.29, 1.82) is 0 Å². The van der Waals surface area contributed by atoms with Crippen molar-refractivity contribution in [3.63, 3.8) is 0 Å². The highest BCUT2D eigenvalue weighted by molar-refractivity contribution is 9.10. The highest BCUT2D eigenvalue weighted by Gasteiger charge is 2.23. The van der Waals surface area contributed by atoms with Crippen LogP contribution in [0.5, 0.6) is 0 Å². The normalized spacial score (nSPS) is 18.7. The number of carbonyl (C=O) groups is 1. The Morgan fingerprint density at radius 1 is 1.35 bits per heavy atom. The van der Waals surface area contributed by atoms with Gasteiger partial charge in [0, 0.05) is 17.6 Å². The second-order valence-corrected chi connectivity index (χ2v) is 8.23. The average molecular weight is 382 g/mol. The van der Waals surface area contributed by atoms with E-state index in [2.05, 4.69) is 21.2 Å². The molecule has 1 aliphatic heterocycles. The Morgan fingerprint density at radius 3 is 2.60 bits per heavy atom. The van der Waals surface area contributed by atoms with Crippen LogP contribution in [0.3, 0.4) is 0 Å². The highest BCUT2D eigenvalue weighted by Crippen LogP contribution is 2.25. The molecule has 1 aromatic carbocycles. The summed E-state index contributed by atoms with van der Waals surface area (Å²) in [5.41, 5.74) is 0.546. The summed E-state index contributed by atoms with van der Waals surface area (Å²) in [5.74, 6) is 0.0204. The molecule has 0 unspecified atom stereocenters. The quantitative estimate of drug-likeness (QED) is 0.866. The molecule has 1 fully saturated rings. The monoisotopic (exact) mass is 380 g/mol. The van der Waals surface area contributed by atoms with E-state index in [1.165, 1.54) is 0 Å². The number of rotatable bonds is 3. The highest BCUT2D eigenvalue weighted by atomic mass is 79.9. The lowest BCUT2D eigenvalue weighted by atomic mass is 10.3. The van der Waals surface area contributed by atoms with Gasteiger partial charge >= 0.3 is 0 Å². The van der Waals surface area contributed by atoms with Crippen LogP contribution in [-0.4, -0.2) is 50.4 Å². The number of nitrogens with one attached hydrogen (secondary N) is 1. The SMILES string of the molecule is O=C(CN1CCS(=O)(=O)CC1)Nc1ccc(Br)cc1Cl. The number of carbonyl (C=O) groups excluding carboxylic acids is 1. The van der Waals surface area contributed by atoms with E-state index in [1.54, 1.807) is 18.2 Å². The van der Waals surface area contributed by atoms with Gasteiger partial charge in [0.25, 0.3) is 0 Å². The van der Waals surface area contributed by atoms with Crippen molar-refractivity contribution in [2.24, 2.45) is 0 Å². The first-order valence-corrected chi connectivity index (χ1v) is 9.03. The molecule has 0 saturated carbocycles. The minimum Gasteiger partial charge on any atom is -0.324 e. The molecule has 0 spiro atoms. The number of hydrogen-bond donors (Lipinski definition) is 1. The molecular formula is C12H14BrClN2O3S. The summed E-state index contributed by atoms with van der Waals surface area (Å²) in [6.07, 6.45) is 0. The maximum absolute atomic E-state index is 11.9. The molecule has 0 radical (unpaired) electrons. The van der Waals surface area contributed by atoms with Crippen molar-refractivity contribution in [2.45, 2.75) is 0 Å². The Labute approximate surface area is 131 Å². The van der Waals surface area contributed by atoms with Crippen LogP contribution in [0.1, 0.15) is 0 Å². The van der Waals surface area contributed by atoms with Gasteiger partial charge in [-0.25, -0.2) is 8.42 Å². The lowest BCUT2D eigenvalue weighted by Gasteiger charge is -2.25. The molecule has 0 aliphatic carbocycles. The Morgan fingerprint density at radius 2 is 2.00 bits per heavy atom. The number of nitrogens with zero attached hydrogens (tertiary/aromatic N) is 1. The average Bonchev–Trinajstić information content (AvgIpc) is 2.35. The van der Waals surface area contributed by atoms with Gasteiger partial charge < -0.3 is 5.32 Å². The third-order valence-corrected chi connectivity index (χ3v) is 5.42. The van der Waals surface area contributed by atoms with Crippen LogP contribution in [0.4, 0.5) is 5.69 Å². The van der Waals surface area contributed by atoms with Gasteiger partial charge in [-0.1, -0.05) is 27.5 Å². The van der Waals surface area contributed by atoms with Crippen LogP contribution in [0, 0.1) is 0 Å². The summed E-state index contributed by atoms with van der Waals surface area (Å²) in [6.45, 7) is 0.954. The van der Waals surface area contributed by atoms with E-state index in [0.717, 1.165) is 4.47 Å². The van der Waals surface area contributed by atoms with E-state index in [0.29, 0.717) is 23.8 Å². The molecule has 1 saturated heterocycles. The topological polar surface area (TPSA) is 66.5 Å². The molecule has 0 atom stereocenters. The van der Waals surface area contributed by atoms with E-state index in [-0.39, 0.29) is 24.0 Å². The predicted molar refractivity (Wildman–Crippen MR) is 82.9 cm³/mol. The van der Waals surface area contributed by atoms with Gasteiger partial charge in [0.05, 0.1) is 28.8 Å². The summed E-state index contributed by atoms with van der Waals surface area (Å²) in [4.78, 5) is 13.7. The summed E-state index contributed by atoms with van der Waals surface area (Å²) in [7, 11) is -2.92.